The first-order chi connectivity index (χ1) is 7.93. The highest BCUT2D eigenvalue weighted by Gasteiger charge is 2.36. The molecule has 0 aliphatic carbocycles. The number of nitrogens with one attached hydrogen (secondary N) is 2. The number of para-hydroxylation sites is 1. The van der Waals surface area contributed by atoms with Gasteiger partial charge in [0.15, 0.2) is 0 Å². The Hall–Kier alpha value is -1.98. The van der Waals surface area contributed by atoms with E-state index in [-0.39, 0.29) is 5.82 Å². The monoisotopic (exact) mass is 244 g/mol. The predicted octanol–water partition coefficient (Wildman–Crippen LogP) is 2.29. The summed E-state index contributed by atoms with van der Waals surface area (Å²) in [6, 6.07) is 8.56. The number of carbonyl (C=O) groups is 1. The van der Waals surface area contributed by atoms with Crippen LogP contribution in [0.2, 0.25) is 0 Å². The summed E-state index contributed by atoms with van der Waals surface area (Å²) < 4.78 is 36.1. The van der Waals surface area contributed by atoms with Crippen molar-refractivity contribution in [3.05, 3.63) is 42.2 Å². The molecule has 2 N–H and O–H groups in total. The molecule has 6 heteroatoms. The largest absolute Gasteiger partial charge is 0.454 e. The molecule has 0 saturated carbocycles. The summed E-state index contributed by atoms with van der Waals surface area (Å²) in [4.78, 5) is 10.7. The summed E-state index contributed by atoms with van der Waals surface area (Å²) in [5.41, 5.74) is 0.586. The molecular weight excluding hydrogens is 233 g/mol. The van der Waals surface area contributed by atoms with Gasteiger partial charge in [-0.2, -0.15) is 13.2 Å². The number of hydrogen-bond acceptors (Lipinski definition) is 3. The van der Waals surface area contributed by atoms with Gasteiger partial charge in [-0.15, -0.1) is 0 Å². The molecule has 1 rings (SSSR count). The average Bonchev–Trinajstić information content (AvgIpc) is 2.28. The molecule has 1 aromatic carbocycles. The van der Waals surface area contributed by atoms with Gasteiger partial charge in [0.1, 0.15) is 5.82 Å². The predicted molar refractivity (Wildman–Crippen MR) is 58.3 cm³/mol. The van der Waals surface area contributed by atoms with Gasteiger partial charge in [-0.3, -0.25) is 4.79 Å². The summed E-state index contributed by atoms with van der Waals surface area (Å²) in [5.74, 6) is -1.93. The van der Waals surface area contributed by atoms with Gasteiger partial charge in [-0.05, 0) is 12.1 Å². The number of ketones is 1. The Labute approximate surface area is 96.3 Å². The summed E-state index contributed by atoms with van der Waals surface area (Å²) in [5, 5.41) is 5.14. The summed E-state index contributed by atoms with van der Waals surface area (Å²) in [7, 11) is 1.42. The molecule has 0 radical (unpaired) electrons. The smallest absolute Gasteiger partial charge is 0.375 e. The van der Waals surface area contributed by atoms with Crippen molar-refractivity contribution in [2.75, 3.05) is 12.4 Å². The van der Waals surface area contributed by atoms with Crippen molar-refractivity contribution in [3.63, 3.8) is 0 Å². The summed E-state index contributed by atoms with van der Waals surface area (Å²) in [6.07, 6.45) is -4.38. The number of rotatable bonds is 4. The van der Waals surface area contributed by atoms with E-state index in [1.54, 1.807) is 30.3 Å². The zero-order valence-corrected chi connectivity index (χ0v) is 9.01. The zero-order valence-electron chi connectivity index (χ0n) is 9.01. The molecule has 0 aromatic heterocycles. The maximum absolute atomic E-state index is 12.0. The van der Waals surface area contributed by atoms with Crippen LogP contribution in [-0.4, -0.2) is 19.0 Å². The third kappa shape index (κ3) is 4.18. The lowest BCUT2D eigenvalue weighted by atomic mass is 10.3. The number of anilines is 1. The van der Waals surface area contributed by atoms with E-state index in [1.807, 2.05) is 0 Å². The van der Waals surface area contributed by atoms with E-state index in [9.17, 15) is 18.0 Å². The Kier molecular flexibility index (Phi) is 4.14. The van der Waals surface area contributed by atoms with Crippen molar-refractivity contribution in [3.8, 4) is 0 Å². The number of allylic oxidation sites excluding steroid dienone is 1. The molecule has 0 unspecified atom stereocenters. The van der Waals surface area contributed by atoms with Crippen molar-refractivity contribution < 1.29 is 18.0 Å². The lowest BCUT2D eigenvalue weighted by molar-refractivity contribution is -0.165. The van der Waals surface area contributed by atoms with Crippen molar-refractivity contribution >= 4 is 11.5 Å². The second kappa shape index (κ2) is 5.38. The van der Waals surface area contributed by atoms with Gasteiger partial charge in [0, 0.05) is 18.8 Å². The number of benzene rings is 1. The molecule has 0 spiro atoms. The Balaban J connectivity index is 2.79. The highest BCUT2D eigenvalue weighted by atomic mass is 19.4. The molecule has 0 aliphatic heterocycles. The highest BCUT2D eigenvalue weighted by Crippen LogP contribution is 2.17. The molecule has 0 fully saturated rings. The number of carbonyl (C=O) groups excluding carboxylic acids is 1. The Bertz CT molecular complexity index is 412. The Morgan fingerprint density at radius 2 is 1.82 bits per heavy atom. The van der Waals surface area contributed by atoms with Crippen LogP contribution in [0.4, 0.5) is 18.9 Å². The van der Waals surface area contributed by atoms with Crippen LogP contribution in [0.1, 0.15) is 0 Å². The Morgan fingerprint density at radius 1 is 1.24 bits per heavy atom. The second-order valence-corrected chi connectivity index (χ2v) is 3.16. The molecule has 92 valence electrons. The fourth-order valence-electron chi connectivity index (χ4n) is 1.06. The number of halogens is 3. The van der Waals surface area contributed by atoms with E-state index in [1.165, 1.54) is 7.05 Å². The zero-order chi connectivity index (χ0) is 12.9. The van der Waals surface area contributed by atoms with E-state index in [0.717, 1.165) is 0 Å². The van der Waals surface area contributed by atoms with Crippen molar-refractivity contribution in [2.24, 2.45) is 0 Å². The Morgan fingerprint density at radius 3 is 2.29 bits per heavy atom. The second-order valence-electron chi connectivity index (χ2n) is 3.16. The van der Waals surface area contributed by atoms with Crippen LogP contribution in [0, 0.1) is 0 Å². The topological polar surface area (TPSA) is 41.1 Å². The van der Waals surface area contributed by atoms with Crippen LogP contribution in [0.5, 0.6) is 0 Å². The van der Waals surface area contributed by atoms with E-state index in [0.29, 0.717) is 11.8 Å². The van der Waals surface area contributed by atoms with Crippen LogP contribution in [0.25, 0.3) is 0 Å². The highest BCUT2D eigenvalue weighted by molar-refractivity contribution is 5.95. The minimum Gasteiger partial charge on any atom is -0.375 e. The van der Waals surface area contributed by atoms with Gasteiger partial charge in [-0.25, -0.2) is 0 Å². The van der Waals surface area contributed by atoms with Gasteiger partial charge >= 0.3 is 6.18 Å². The standard InChI is InChI=1S/C11H11F3N2O/c1-15-10(7-9(17)11(12,13)14)16-8-5-3-2-4-6-8/h2-7,15-16H,1H3/b10-7+. The van der Waals surface area contributed by atoms with Crippen LogP contribution < -0.4 is 10.6 Å². The van der Waals surface area contributed by atoms with E-state index in [2.05, 4.69) is 10.6 Å². The molecule has 0 aliphatic rings. The number of alkyl halides is 3. The average molecular weight is 244 g/mol. The molecule has 0 heterocycles. The maximum atomic E-state index is 12.0. The van der Waals surface area contributed by atoms with E-state index < -0.39 is 12.0 Å². The van der Waals surface area contributed by atoms with Gasteiger partial charge < -0.3 is 10.6 Å². The van der Waals surface area contributed by atoms with Crippen molar-refractivity contribution in [1.29, 1.82) is 0 Å². The lowest BCUT2D eigenvalue weighted by Gasteiger charge is -2.10. The van der Waals surface area contributed by atoms with E-state index in [4.69, 9.17) is 0 Å². The normalized spacial score (nSPS) is 12.1. The SMILES string of the molecule is CN/C(=C\C(=O)C(F)(F)F)Nc1ccccc1. The summed E-state index contributed by atoms with van der Waals surface area (Å²) in [6.45, 7) is 0. The maximum Gasteiger partial charge on any atom is 0.454 e. The molecule has 17 heavy (non-hydrogen) atoms. The third-order valence-electron chi connectivity index (χ3n) is 1.88. The molecule has 3 nitrogen and oxygen atoms in total. The van der Waals surface area contributed by atoms with Gasteiger partial charge in [0.25, 0.3) is 5.78 Å². The molecule has 0 atom stereocenters. The molecule has 0 saturated heterocycles. The van der Waals surface area contributed by atoms with Crippen molar-refractivity contribution in [1.82, 2.24) is 5.32 Å². The van der Waals surface area contributed by atoms with E-state index >= 15 is 0 Å². The summed E-state index contributed by atoms with van der Waals surface area (Å²) >= 11 is 0. The molecule has 0 amide bonds. The third-order valence-corrected chi connectivity index (χ3v) is 1.88. The minimum absolute atomic E-state index is 0.0153. The lowest BCUT2D eigenvalue weighted by Crippen LogP contribution is -2.24. The van der Waals surface area contributed by atoms with Crippen LogP contribution in [-0.2, 0) is 4.79 Å². The van der Waals surface area contributed by atoms with Gasteiger partial charge in [0.05, 0.1) is 0 Å². The molecular formula is C11H11F3N2O. The first-order valence-corrected chi connectivity index (χ1v) is 4.76. The molecule has 0 bridgehead atoms. The van der Waals surface area contributed by atoms with Crippen LogP contribution in [0.3, 0.4) is 0 Å². The molecule has 1 aromatic rings. The van der Waals surface area contributed by atoms with Crippen LogP contribution >= 0.6 is 0 Å². The van der Waals surface area contributed by atoms with Crippen molar-refractivity contribution in [2.45, 2.75) is 6.18 Å². The minimum atomic E-state index is -4.86. The first kappa shape index (κ1) is 13.1. The quantitative estimate of drug-likeness (QED) is 0.798. The fraction of sp³-hybridized carbons (Fsp3) is 0.182. The number of hydrogen-bond donors (Lipinski definition) is 2. The fourth-order valence-corrected chi connectivity index (χ4v) is 1.06. The first-order valence-electron chi connectivity index (χ1n) is 4.76. The van der Waals surface area contributed by atoms with Gasteiger partial charge in [-0.1, -0.05) is 18.2 Å². The van der Waals surface area contributed by atoms with Crippen LogP contribution in [0.15, 0.2) is 42.2 Å². The van der Waals surface area contributed by atoms with Gasteiger partial charge in [0.2, 0.25) is 0 Å².